The van der Waals surface area contributed by atoms with Gasteiger partial charge in [0.05, 0.1) is 5.54 Å². The number of nitrogens with one attached hydrogen (secondary N) is 1. The molecule has 1 aromatic carbocycles. The summed E-state index contributed by atoms with van der Waals surface area (Å²) in [6.07, 6.45) is -0.286. The van der Waals surface area contributed by atoms with Crippen LogP contribution in [0.5, 0.6) is 5.75 Å². The summed E-state index contributed by atoms with van der Waals surface area (Å²) in [4.78, 5) is 26.7. The molecule has 0 radical (unpaired) electrons. The zero-order valence-corrected chi connectivity index (χ0v) is 18.7. The van der Waals surface area contributed by atoms with E-state index in [2.05, 4.69) is 5.32 Å². The first kappa shape index (κ1) is 21.5. The van der Waals surface area contributed by atoms with E-state index in [0.29, 0.717) is 19.7 Å². The highest BCUT2D eigenvalue weighted by Gasteiger charge is 2.61. The van der Waals surface area contributed by atoms with Gasteiger partial charge < -0.3 is 19.7 Å². The summed E-state index contributed by atoms with van der Waals surface area (Å²) in [6.45, 7) is 15.2. The minimum Gasteiger partial charge on any atom is -0.491 e. The van der Waals surface area contributed by atoms with Gasteiger partial charge in [0.2, 0.25) is 5.91 Å². The second-order valence-corrected chi connectivity index (χ2v) is 10.1. The first-order chi connectivity index (χ1) is 13.4. The summed E-state index contributed by atoms with van der Waals surface area (Å²) in [5, 5.41) is 3.14. The number of benzene rings is 1. The Morgan fingerprint density at radius 1 is 1.07 bits per heavy atom. The standard InChI is InChI=1S/C23H34N2O4/c1-14-9-8-10-15(2)19(14)28-13-23(6,7)24-20(26)18-16-11-25(12-17(16)18)21(27)29-22(3,4)5/h8-10,16-18H,11-13H2,1-7H3,(H,24,26)/t16-,17+,18+. The average molecular weight is 403 g/mol. The molecule has 0 bridgehead atoms. The Kier molecular flexibility index (Phi) is 5.58. The third kappa shape index (κ3) is 5.03. The molecule has 1 aromatic rings. The van der Waals surface area contributed by atoms with E-state index in [9.17, 15) is 9.59 Å². The Balaban J connectivity index is 1.49. The van der Waals surface area contributed by atoms with E-state index in [1.807, 2.05) is 66.7 Å². The number of fused-ring (bicyclic) bond motifs is 1. The second-order valence-electron chi connectivity index (χ2n) is 10.1. The summed E-state index contributed by atoms with van der Waals surface area (Å²) in [5.74, 6) is 1.38. The van der Waals surface area contributed by atoms with Gasteiger partial charge in [-0.1, -0.05) is 18.2 Å². The van der Waals surface area contributed by atoms with E-state index < -0.39 is 11.1 Å². The van der Waals surface area contributed by atoms with Crippen LogP contribution >= 0.6 is 0 Å². The zero-order valence-electron chi connectivity index (χ0n) is 18.7. The van der Waals surface area contributed by atoms with Crippen LogP contribution in [-0.2, 0) is 9.53 Å². The predicted octanol–water partition coefficient (Wildman–Crippen LogP) is 3.69. The minimum absolute atomic E-state index is 0.0202. The molecule has 2 aliphatic rings. The van der Waals surface area contributed by atoms with Crippen LogP contribution < -0.4 is 10.1 Å². The van der Waals surface area contributed by atoms with Gasteiger partial charge in [-0.2, -0.15) is 0 Å². The van der Waals surface area contributed by atoms with Crippen molar-refractivity contribution >= 4 is 12.0 Å². The summed E-state index contributed by atoms with van der Waals surface area (Å²) < 4.78 is 11.5. The highest BCUT2D eigenvalue weighted by molar-refractivity contribution is 5.84. The summed E-state index contributed by atoms with van der Waals surface area (Å²) in [6, 6.07) is 6.06. The summed E-state index contributed by atoms with van der Waals surface area (Å²) >= 11 is 0. The number of piperidine rings is 1. The maximum absolute atomic E-state index is 12.8. The van der Waals surface area contributed by atoms with Gasteiger partial charge in [0.25, 0.3) is 0 Å². The Morgan fingerprint density at radius 2 is 1.62 bits per heavy atom. The topological polar surface area (TPSA) is 67.9 Å². The minimum atomic E-state index is -0.500. The quantitative estimate of drug-likeness (QED) is 0.816. The molecule has 1 heterocycles. The van der Waals surface area contributed by atoms with Crippen LogP contribution in [0, 0.1) is 31.6 Å². The lowest BCUT2D eigenvalue weighted by atomic mass is 10.1. The molecule has 0 spiro atoms. The van der Waals surface area contributed by atoms with E-state index >= 15 is 0 Å². The van der Waals surface area contributed by atoms with Gasteiger partial charge in [-0.05, 0) is 71.4 Å². The molecule has 1 saturated carbocycles. The molecule has 2 amide bonds. The largest absolute Gasteiger partial charge is 0.491 e. The number of likely N-dealkylation sites (tertiary alicyclic amines) is 1. The molecule has 6 nitrogen and oxygen atoms in total. The monoisotopic (exact) mass is 402 g/mol. The molecule has 29 heavy (non-hydrogen) atoms. The lowest BCUT2D eigenvalue weighted by Crippen LogP contribution is -2.49. The van der Waals surface area contributed by atoms with Gasteiger partial charge in [-0.3, -0.25) is 4.79 Å². The number of amides is 2. The van der Waals surface area contributed by atoms with Gasteiger partial charge in [0, 0.05) is 19.0 Å². The zero-order chi connectivity index (χ0) is 21.6. The van der Waals surface area contributed by atoms with Crippen molar-refractivity contribution in [2.45, 2.75) is 59.6 Å². The number of rotatable bonds is 5. The molecule has 3 rings (SSSR count). The molecule has 1 saturated heterocycles. The van der Waals surface area contributed by atoms with Gasteiger partial charge in [0.1, 0.15) is 18.0 Å². The van der Waals surface area contributed by atoms with Gasteiger partial charge >= 0.3 is 6.09 Å². The maximum Gasteiger partial charge on any atom is 0.410 e. The molecular formula is C23H34N2O4. The Morgan fingerprint density at radius 3 is 2.14 bits per heavy atom. The Labute approximate surface area is 173 Å². The molecule has 0 unspecified atom stereocenters. The number of aryl methyl sites for hydroxylation is 2. The summed E-state index contributed by atoms with van der Waals surface area (Å²) in [5.41, 5.74) is 1.20. The molecule has 2 fully saturated rings. The highest BCUT2D eigenvalue weighted by Crippen LogP contribution is 2.52. The molecule has 3 atom stereocenters. The van der Waals surface area contributed by atoms with Crippen LogP contribution in [0.15, 0.2) is 18.2 Å². The van der Waals surface area contributed by atoms with Crippen molar-refractivity contribution in [3.05, 3.63) is 29.3 Å². The van der Waals surface area contributed by atoms with Crippen LogP contribution in [0.2, 0.25) is 0 Å². The van der Waals surface area contributed by atoms with Crippen molar-refractivity contribution in [2.24, 2.45) is 17.8 Å². The van der Waals surface area contributed by atoms with Crippen LogP contribution in [0.4, 0.5) is 4.79 Å². The van der Waals surface area contributed by atoms with Crippen LogP contribution in [-0.4, -0.2) is 47.7 Å². The predicted molar refractivity (Wildman–Crippen MR) is 112 cm³/mol. The number of carbonyl (C=O) groups excluding carboxylic acids is 2. The maximum atomic E-state index is 12.8. The van der Waals surface area contributed by atoms with E-state index in [1.165, 1.54) is 0 Å². The van der Waals surface area contributed by atoms with E-state index in [-0.39, 0.29) is 29.8 Å². The third-order valence-corrected chi connectivity index (χ3v) is 5.60. The Hall–Kier alpha value is -2.24. The smallest absolute Gasteiger partial charge is 0.410 e. The lowest BCUT2D eigenvalue weighted by molar-refractivity contribution is -0.125. The third-order valence-electron chi connectivity index (χ3n) is 5.60. The number of ether oxygens (including phenoxy) is 2. The molecule has 0 aromatic heterocycles. The van der Waals surface area contributed by atoms with E-state index in [4.69, 9.17) is 9.47 Å². The molecular weight excluding hydrogens is 368 g/mol. The van der Waals surface area contributed by atoms with Crippen LogP contribution in [0.3, 0.4) is 0 Å². The number of hydrogen-bond donors (Lipinski definition) is 1. The fourth-order valence-electron chi connectivity index (χ4n) is 4.12. The average Bonchev–Trinajstić information content (AvgIpc) is 3.07. The van der Waals surface area contributed by atoms with Crippen LogP contribution in [0.1, 0.15) is 45.7 Å². The molecule has 1 aliphatic heterocycles. The first-order valence-electron chi connectivity index (χ1n) is 10.4. The van der Waals surface area contributed by atoms with Crippen molar-refractivity contribution in [2.75, 3.05) is 19.7 Å². The molecule has 1 aliphatic carbocycles. The summed E-state index contributed by atoms with van der Waals surface area (Å²) in [7, 11) is 0. The van der Waals surface area contributed by atoms with Gasteiger partial charge in [0.15, 0.2) is 0 Å². The number of para-hydroxylation sites is 1. The van der Waals surface area contributed by atoms with E-state index in [0.717, 1.165) is 16.9 Å². The van der Waals surface area contributed by atoms with Crippen molar-refractivity contribution in [3.63, 3.8) is 0 Å². The van der Waals surface area contributed by atoms with Crippen molar-refractivity contribution in [3.8, 4) is 5.75 Å². The van der Waals surface area contributed by atoms with Crippen molar-refractivity contribution in [1.82, 2.24) is 10.2 Å². The molecule has 160 valence electrons. The van der Waals surface area contributed by atoms with Gasteiger partial charge in [-0.15, -0.1) is 0 Å². The van der Waals surface area contributed by atoms with Crippen molar-refractivity contribution < 1.29 is 19.1 Å². The highest BCUT2D eigenvalue weighted by atomic mass is 16.6. The molecule has 1 N–H and O–H groups in total. The van der Waals surface area contributed by atoms with Crippen molar-refractivity contribution in [1.29, 1.82) is 0 Å². The van der Waals surface area contributed by atoms with Crippen LogP contribution in [0.25, 0.3) is 0 Å². The van der Waals surface area contributed by atoms with E-state index in [1.54, 1.807) is 4.90 Å². The lowest BCUT2D eigenvalue weighted by Gasteiger charge is -2.28. The number of carbonyl (C=O) groups is 2. The number of hydrogen-bond acceptors (Lipinski definition) is 4. The second kappa shape index (κ2) is 7.54. The Bertz CT molecular complexity index is 764. The SMILES string of the molecule is Cc1cccc(C)c1OCC(C)(C)NC(=O)[C@H]1[C@@H]2CN(C(=O)OC(C)(C)C)C[C@@H]21. The fourth-order valence-corrected chi connectivity index (χ4v) is 4.12. The first-order valence-corrected chi connectivity index (χ1v) is 10.4. The fraction of sp³-hybridized carbons (Fsp3) is 0.652. The molecule has 6 heteroatoms. The normalized spacial score (nSPS) is 23.4. The van der Waals surface area contributed by atoms with Gasteiger partial charge in [-0.25, -0.2) is 4.79 Å². The number of nitrogens with zero attached hydrogens (tertiary/aromatic N) is 1.